The Hall–Kier alpha value is -0.620. The van der Waals surface area contributed by atoms with Crippen molar-refractivity contribution in [2.24, 2.45) is 0 Å². The van der Waals surface area contributed by atoms with Gasteiger partial charge in [0.05, 0.1) is 23.0 Å². The van der Waals surface area contributed by atoms with Crippen molar-refractivity contribution < 1.29 is 0 Å². The van der Waals surface area contributed by atoms with E-state index in [0.29, 0.717) is 6.04 Å². The van der Waals surface area contributed by atoms with Crippen molar-refractivity contribution >= 4 is 11.6 Å². The summed E-state index contributed by atoms with van der Waals surface area (Å²) in [6.07, 6.45) is 2.98. The highest BCUT2D eigenvalue weighted by molar-refractivity contribution is 6.31. The fourth-order valence-corrected chi connectivity index (χ4v) is 3.49. The quantitative estimate of drug-likeness (QED) is 0.900. The molecule has 21 heavy (non-hydrogen) atoms. The first-order valence-electron chi connectivity index (χ1n) is 7.91. The molecule has 0 aliphatic carbocycles. The normalized spacial score (nSPS) is 23.2. The van der Waals surface area contributed by atoms with E-state index in [1.165, 1.54) is 6.42 Å². The Bertz CT molecular complexity index is 447. The molecule has 0 amide bonds. The van der Waals surface area contributed by atoms with Crippen LogP contribution in [0.1, 0.15) is 32.0 Å². The van der Waals surface area contributed by atoms with E-state index in [0.717, 1.165) is 43.4 Å². The molecule has 0 spiro atoms. The van der Waals surface area contributed by atoms with Crippen LogP contribution in [0.15, 0.2) is 6.20 Å². The molecule has 2 rings (SSSR count). The van der Waals surface area contributed by atoms with Gasteiger partial charge in [-0.1, -0.05) is 18.5 Å². The van der Waals surface area contributed by atoms with E-state index < -0.39 is 0 Å². The topological polar surface area (TPSA) is 36.3 Å². The Kier molecular flexibility index (Phi) is 6.05. The number of aromatic nitrogens is 2. The predicted octanol–water partition coefficient (Wildman–Crippen LogP) is 1.84. The first-order chi connectivity index (χ1) is 10.1. The number of aryl methyl sites for hydroxylation is 1. The lowest BCUT2D eigenvalue weighted by Crippen LogP contribution is -2.47. The van der Waals surface area contributed by atoms with Crippen LogP contribution in [0.25, 0.3) is 0 Å². The van der Waals surface area contributed by atoms with Crippen LogP contribution in [-0.2, 0) is 6.54 Å². The Morgan fingerprint density at radius 2 is 2.14 bits per heavy atom. The lowest BCUT2D eigenvalue weighted by molar-refractivity contribution is 0.174. The highest BCUT2D eigenvalue weighted by Crippen LogP contribution is 2.28. The molecule has 0 saturated carbocycles. The van der Waals surface area contributed by atoms with Gasteiger partial charge in [-0.2, -0.15) is 5.10 Å². The molecule has 1 aromatic heterocycles. The average Bonchev–Trinajstić information content (AvgIpc) is 2.74. The van der Waals surface area contributed by atoms with Gasteiger partial charge in [-0.15, -0.1) is 0 Å². The van der Waals surface area contributed by atoms with Crippen molar-refractivity contribution in [3.8, 4) is 0 Å². The van der Waals surface area contributed by atoms with Crippen molar-refractivity contribution in [3.63, 3.8) is 0 Å². The molecule has 6 heteroatoms. The van der Waals surface area contributed by atoms with E-state index >= 15 is 0 Å². The standard InChI is InChI=1S/C15H28ClN5/c1-5-17-14(15-12(16)10-18-21(15)6-2)13-11-19(3)8-7-9-20(13)4/h10,13-14,17H,5-9,11H2,1-4H3. The van der Waals surface area contributed by atoms with E-state index in [4.69, 9.17) is 11.6 Å². The van der Waals surface area contributed by atoms with E-state index in [1.54, 1.807) is 6.20 Å². The van der Waals surface area contributed by atoms with E-state index in [1.807, 2.05) is 4.68 Å². The van der Waals surface area contributed by atoms with Gasteiger partial charge in [-0.25, -0.2) is 0 Å². The molecule has 1 aromatic rings. The SMILES string of the molecule is CCNC(c1c(Cl)cnn1CC)C1CN(C)CCCN1C. The third kappa shape index (κ3) is 3.77. The molecule has 0 bridgehead atoms. The van der Waals surface area contributed by atoms with Crippen LogP contribution in [0.5, 0.6) is 0 Å². The lowest BCUT2D eigenvalue weighted by atomic mass is 10.0. The second-order valence-corrected chi connectivity index (χ2v) is 6.30. The molecule has 1 aliphatic heterocycles. The van der Waals surface area contributed by atoms with Gasteiger partial charge in [0.2, 0.25) is 0 Å². The van der Waals surface area contributed by atoms with Gasteiger partial charge in [-0.05, 0) is 47.1 Å². The predicted molar refractivity (Wildman–Crippen MR) is 87.9 cm³/mol. The molecule has 5 nitrogen and oxygen atoms in total. The summed E-state index contributed by atoms with van der Waals surface area (Å²) >= 11 is 6.44. The minimum absolute atomic E-state index is 0.204. The monoisotopic (exact) mass is 313 g/mol. The van der Waals surface area contributed by atoms with Crippen molar-refractivity contribution in [2.45, 2.75) is 38.9 Å². The molecule has 2 heterocycles. The highest BCUT2D eigenvalue weighted by atomic mass is 35.5. The maximum absolute atomic E-state index is 6.44. The summed E-state index contributed by atoms with van der Waals surface area (Å²) in [7, 11) is 4.42. The zero-order chi connectivity index (χ0) is 15.4. The zero-order valence-corrected chi connectivity index (χ0v) is 14.4. The van der Waals surface area contributed by atoms with Crippen molar-refractivity contribution in [1.29, 1.82) is 0 Å². The Morgan fingerprint density at radius 3 is 2.81 bits per heavy atom. The number of halogens is 1. The fraction of sp³-hybridized carbons (Fsp3) is 0.800. The zero-order valence-electron chi connectivity index (χ0n) is 13.6. The third-order valence-corrected chi connectivity index (χ3v) is 4.64. The number of rotatable bonds is 5. The summed E-state index contributed by atoms with van der Waals surface area (Å²) in [6, 6.07) is 0.604. The second-order valence-electron chi connectivity index (χ2n) is 5.89. The molecule has 0 aromatic carbocycles. The number of hydrogen-bond donors (Lipinski definition) is 1. The maximum atomic E-state index is 6.44. The fourth-order valence-electron chi connectivity index (χ4n) is 3.23. The Morgan fingerprint density at radius 1 is 1.38 bits per heavy atom. The number of hydrogen-bond acceptors (Lipinski definition) is 4. The van der Waals surface area contributed by atoms with Crippen LogP contribution in [0, 0.1) is 0 Å². The first kappa shape index (κ1) is 16.7. The van der Waals surface area contributed by atoms with Crippen LogP contribution in [0.3, 0.4) is 0 Å². The van der Waals surface area contributed by atoms with Crippen LogP contribution in [0.2, 0.25) is 5.02 Å². The van der Waals surface area contributed by atoms with E-state index in [9.17, 15) is 0 Å². The van der Waals surface area contributed by atoms with Gasteiger partial charge in [0.15, 0.2) is 0 Å². The largest absolute Gasteiger partial charge is 0.308 e. The molecular formula is C15H28ClN5. The van der Waals surface area contributed by atoms with Crippen molar-refractivity contribution in [1.82, 2.24) is 24.9 Å². The van der Waals surface area contributed by atoms with Gasteiger partial charge in [-0.3, -0.25) is 4.68 Å². The molecule has 0 radical (unpaired) electrons. The Labute approximate surface area is 133 Å². The first-order valence-corrected chi connectivity index (χ1v) is 8.29. The third-order valence-electron chi connectivity index (χ3n) is 4.35. The molecular weight excluding hydrogens is 286 g/mol. The molecule has 120 valence electrons. The van der Waals surface area contributed by atoms with Crippen molar-refractivity contribution in [2.75, 3.05) is 40.3 Å². The van der Waals surface area contributed by atoms with Crippen LogP contribution in [0.4, 0.5) is 0 Å². The summed E-state index contributed by atoms with van der Waals surface area (Å²) in [6.45, 7) is 9.33. The maximum Gasteiger partial charge on any atom is 0.0834 e. The molecule has 1 saturated heterocycles. The number of nitrogens with one attached hydrogen (secondary N) is 1. The lowest BCUT2D eigenvalue weighted by Gasteiger charge is -2.35. The van der Waals surface area contributed by atoms with E-state index in [-0.39, 0.29) is 6.04 Å². The summed E-state index contributed by atoms with van der Waals surface area (Å²) in [4.78, 5) is 4.87. The summed E-state index contributed by atoms with van der Waals surface area (Å²) in [5.41, 5.74) is 1.12. The van der Waals surface area contributed by atoms with Crippen molar-refractivity contribution in [3.05, 3.63) is 16.9 Å². The molecule has 2 atom stereocenters. The van der Waals surface area contributed by atoms with E-state index in [2.05, 4.69) is 48.2 Å². The summed E-state index contributed by atoms with van der Waals surface area (Å²) in [5, 5.41) is 8.81. The number of likely N-dealkylation sites (N-methyl/N-ethyl adjacent to an activating group) is 3. The second kappa shape index (κ2) is 7.58. The van der Waals surface area contributed by atoms with Gasteiger partial charge >= 0.3 is 0 Å². The summed E-state index contributed by atoms with van der Waals surface area (Å²) in [5.74, 6) is 0. The Balaban J connectivity index is 2.34. The molecule has 2 unspecified atom stereocenters. The minimum Gasteiger partial charge on any atom is -0.308 e. The average molecular weight is 314 g/mol. The van der Waals surface area contributed by atoms with Gasteiger partial charge in [0.1, 0.15) is 0 Å². The van der Waals surface area contributed by atoms with Crippen LogP contribution in [-0.4, -0.2) is 65.9 Å². The number of nitrogens with zero attached hydrogens (tertiary/aromatic N) is 4. The smallest absolute Gasteiger partial charge is 0.0834 e. The van der Waals surface area contributed by atoms with Gasteiger partial charge in [0, 0.05) is 19.1 Å². The summed E-state index contributed by atoms with van der Waals surface area (Å²) < 4.78 is 2.02. The van der Waals surface area contributed by atoms with Gasteiger partial charge in [0.25, 0.3) is 0 Å². The van der Waals surface area contributed by atoms with Gasteiger partial charge < -0.3 is 15.1 Å². The highest BCUT2D eigenvalue weighted by Gasteiger charge is 2.32. The van der Waals surface area contributed by atoms with Crippen LogP contribution >= 0.6 is 11.6 Å². The van der Waals surface area contributed by atoms with Crippen LogP contribution < -0.4 is 5.32 Å². The molecule has 1 N–H and O–H groups in total. The molecule has 1 aliphatic rings. The molecule has 1 fully saturated rings. The minimum atomic E-state index is 0.204.